The zero-order valence-electron chi connectivity index (χ0n) is 17.4. The predicted molar refractivity (Wildman–Crippen MR) is 111 cm³/mol. The summed E-state index contributed by atoms with van der Waals surface area (Å²) in [7, 11) is -1.00. The molecule has 1 aromatic carbocycles. The summed E-state index contributed by atoms with van der Waals surface area (Å²) < 4.78 is 45.5. The molecule has 2 aromatic rings. The highest BCUT2D eigenvalue weighted by molar-refractivity contribution is 7.89. The summed E-state index contributed by atoms with van der Waals surface area (Å²) in [6.07, 6.45) is 2.52. The molecular weight excluding hydrogens is 425 g/mol. The van der Waals surface area contributed by atoms with E-state index in [1.165, 1.54) is 19.0 Å². The van der Waals surface area contributed by atoms with Crippen molar-refractivity contribution < 1.29 is 22.3 Å². The molecule has 2 aliphatic heterocycles. The van der Waals surface area contributed by atoms with Crippen LogP contribution in [0.3, 0.4) is 0 Å². The van der Waals surface area contributed by atoms with Gasteiger partial charge in [-0.1, -0.05) is 0 Å². The van der Waals surface area contributed by atoms with Crippen molar-refractivity contribution in [2.24, 2.45) is 0 Å². The molecule has 0 atom stereocenters. The fourth-order valence-corrected chi connectivity index (χ4v) is 4.52. The maximum Gasteiger partial charge on any atom is 0.256 e. The third-order valence-electron chi connectivity index (χ3n) is 5.48. The number of hydrogen-bond donors (Lipinski definition) is 0. The SMILES string of the molecule is CN(C)S(=O)(=O)c1ccc(F)c(C(=O)N2CCN(c3ncc4c(n3)CCOC4)CC2)c1. The van der Waals surface area contributed by atoms with Gasteiger partial charge in [-0.3, -0.25) is 4.79 Å². The molecule has 11 heteroatoms. The number of benzene rings is 1. The van der Waals surface area contributed by atoms with Gasteiger partial charge in [0.1, 0.15) is 5.82 Å². The Morgan fingerprint density at radius 1 is 1.19 bits per heavy atom. The summed E-state index contributed by atoms with van der Waals surface area (Å²) in [5, 5.41) is 0. The van der Waals surface area contributed by atoms with Crippen molar-refractivity contribution in [1.82, 2.24) is 19.2 Å². The molecule has 2 aliphatic rings. The lowest BCUT2D eigenvalue weighted by molar-refractivity contribution is 0.0741. The van der Waals surface area contributed by atoms with Crippen molar-refractivity contribution in [3.05, 3.63) is 47.0 Å². The van der Waals surface area contributed by atoms with E-state index in [9.17, 15) is 17.6 Å². The fraction of sp³-hybridized carbons (Fsp3) is 0.450. The Bertz CT molecular complexity index is 1100. The molecule has 31 heavy (non-hydrogen) atoms. The van der Waals surface area contributed by atoms with Crippen molar-refractivity contribution in [1.29, 1.82) is 0 Å². The molecule has 0 bridgehead atoms. The molecule has 0 saturated carbocycles. The zero-order chi connectivity index (χ0) is 22.2. The number of sulfonamides is 1. The smallest absolute Gasteiger partial charge is 0.256 e. The first-order valence-electron chi connectivity index (χ1n) is 9.96. The molecule has 0 aliphatic carbocycles. The van der Waals surface area contributed by atoms with Gasteiger partial charge in [-0.2, -0.15) is 0 Å². The van der Waals surface area contributed by atoms with E-state index in [4.69, 9.17) is 4.74 Å². The van der Waals surface area contributed by atoms with E-state index in [0.717, 1.165) is 40.2 Å². The average Bonchev–Trinajstić information content (AvgIpc) is 2.78. The summed E-state index contributed by atoms with van der Waals surface area (Å²) in [5.41, 5.74) is 1.73. The number of ether oxygens (including phenoxy) is 1. The number of rotatable bonds is 4. The molecule has 3 heterocycles. The number of halogens is 1. The molecule has 166 valence electrons. The Hall–Kier alpha value is -2.63. The van der Waals surface area contributed by atoms with Crippen LogP contribution in [0, 0.1) is 5.82 Å². The van der Waals surface area contributed by atoms with E-state index in [0.29, 0.717) is 45.3 Å². The minimum absolute atomic E-state index is 0.118. The number of piperazine rings is 1. The molecule has 0 unspecified atom stereocenters. The van der Waals surface area contributed by atoms with Gasteiger partial charge in [0.25, 0.3) is 5.91 Å². The van der Waals surface area contributed by atoms with Crippen LogP contribution in [0.4, 0.5) is 10.3 Å². The average molecular weight is 450 g/mol. The molecule has 1 aromatic heterocycles. The van der Waals surface area contributed by atoms with E-state index in [2.05, 4.69) is 9.97 Å². The first-order valence-corrected chi connectivity index (χ1v) is 11.4. The largest absolute Gasteiger partial charge is 0.376 e. The molecular formula is C20H24FN5O4S. The van der Waals surface area contributed by atoms with Crippen molar-refractivity contribution in [3.63, 3.8) is 0 Å². The number of carbonyl (C=O) groups excluding carboxylic acids is 1. The van der Waals surface area contributed by atoms with Crippen LogP contribution in [-0.4, -0.2) is 80.4 Å². The zero-order valence-corrected chi connectivity index (χ0v) is 18.2. The minimum Gasteiger partial charge on any atom is -0.376 e. The molecule has 0 radical (unpaired) electrons. The minimum atomic E-state index is -3.77. The second kappa shape index (κ2) is 8.48. The lowest BCUT2D eigenvalue weighted by Gasteiger charge is -2.35. The number of nitrogens with zero attached hydrogens (tertiary/aromatic N) is 5. The van der Waals surface area contributed by atoms with Gasteiger partial charge >= 0.3 is 0 Å². The fourth-order valence-electron chi connectivity index (χ4n) is 3.59. The van der Waals surface area contributed by atoms with Crippen molar-refractivity contribution in [2.75, 3.05) is 51.8 Å². The maximum absolute atomic E-state index is 14.4. The van der Waals surface area contributed by atoms with E-state index in [-0.39, 0.29) is 10.5 Å². The molecule has 9 nitrogen and oxygen atoms in total. The topological polar surface area (TPSA) is 95.9 Å². The molecule has 0 spiro atoms. The standard InChI is InChI=1S/C20H24FN5O4S/c1-24(2)31(28,29)15-3-4-17(21)16(11-15)19(27)25-6-8-26(9-7-25)20-22-12-14-13-30-10-5-18(14)23-20/h3-4,11-12H,5-10,13H2,1-2H3. The van der Waals surface area contributed by atoms with E-state index in [1.54, 1.807) is 6.20 Å². The predicted octanol–water partition coefficient (Wildman–Crippen LogP) is 0.901. The number of aromatic nitrogens is 2. The first kappa shape index (κ1) is 21.6. The van der Waals surface area contributed by atoms with Gasteiger partial charge < -0.3 is 14.5 Å². The number of amides is 1. The van der Waals surface area contributed by atoms with Crippen molar-refractivity contribution in [3.8, 4) is 0 Å². The first-order chi connectivity index (χ1) is 14.8. The van der Waals surface area contributed by atoms with E-state index < -0.39 is 21.7 Å². The van der Waals surface area contributed by atoms with Crippen LogP contribution in [-0.2, 0) is 27.8 Å². The van der Waals surface area contributed by atoms with Crippen LogP contribution in [0.15, 0.2) is 29.3 Å². The monoisotopic (exact) mass is 449 g/mol. The summed E-state index contributed by atoms with van der Waals surface area (Å²) in [6.45, 7) is 2.86. The summed E-state index contributed by atoms with van der Waals surface area (Å²) >= 11 is 0. The van der Waals surface area contributed by atoms with Crippen LogP contribution in [0.25, 0.3) is 0 Å². The number of fused-ring (bicyclic) bond motifs is 1. The van der Waals surface area contributed by atoms with E-state index >= 15 is 0 Å². The molecule has 4 rings (SSSR count). The van der Waals surface area contributed by atoms with Crippen LogP contribution in [0.2, 0.25) is 0 Å². The maximum atomic E-state index is 14.4. The lowest BCUT2D eigenvalue weighted by Crippen LogP contribution is -2.49. The van der Waals surface area contributed by atoms with Gasteiger partial charge in [0, 0.05) is 58.5 Å². The van der Waals surface area contributed by atoms with Crippen LogP contribution < -0.4 is 4.90 Å². The molecule has 1 saturated heterocycles. The number of hydrogen-bond acceptors (Lipinski definition) is 7. The Balaban J connectivity index is 1.47. The second-order valence-electron chi connectivity index (χ2n) is 7.65. The quantitative estimate of drug-likeness (QED) is 0.684. The van der Waals surface area contributed by atoms with Crippen molar-refractivity contribution >= 4 is 21.9 Å². The normalized spacial score (nSPS) is 17.0. The van der Waals surface area contributed by atoms with Gasteiger partial charge in [0.05, 0.1) is 29.4 Å². The Labute approximate surface area is 180 Å². The van der Waals surface area contributed by atoms with Gasteiger partial charge in [0.15, 0.2) is 0 Å². The highest BCUT2D eigenvalue weighted by Gasteiger charge is 2.28. The Morgan fingerprint density at radius 2 is 1.94 bits per heavy atom. The van der Waals surface area contributed by atoms with Crippen LogP contribution >= 0.6 is 0 Å². The Kier molecular flexibility index (Phi) is 5.91. The number of carbonyl (C=O) groups is 1. The second-order valence-corrected chi connectivity index (χ2v) is 9.80. The molecule has 1 amide bonds. The summed E-state index contributed by atoms with van der Waals surface area (Å²) in [5.74, 6) is -0.667. The van der Waals surface area contributed by atoms with Gasteiger partial charge in [-0.25, -0.2) is 27.1 Å². The van der Waals surface area contributed by atoms with Gasteiger partial charge in [-0.15, -0.1) is 0 Å². The Morgan fingerprint density at radius 3 is 2.65 bits per heavy atom. The lowest BCUT2D eigenvalue weighted by atomic mass is 10.1. The van der Waals surface area contributed by atoms with Crippen LogP contribution in [0.5, 0.6) is 0 Å². The van der Waals surface area contributed by atoms with Gasteiger partial charge in [0.2, 0.25) is 16.0 Å². The highest BCUT2D eigenvalue weighted by Crippen LogP contribution is 2.21. The summed E-state index contributed by atoms with van der Waals surface area (Å²) in [4.78, 5) is 25.4. The third-order valence-corrected chi connectivity index (χ3v) is 7.29. The van der Waals surface area contributed by atoms with Gasteiger partial charge in [-0.05, 0) is 18.2 Å². The summed E-state index contributed by atoms with van der Waals surface area (Å²) in [6, 6.07) is 3.29. The third kappa shape index (κ3) is 4.25. The highest BCUT2D eigenvalue weighted by atomic mass is 32.2. The van der Waals surface area contributed by atoms with Crippen LogP contribution in [0.1, 0.15) is 21.6 Å². The molecule has 0 N–H and O–H groups in total. The van der Waals surface area contributed by atoms with Crippen molar-refractivity contribution in [2.45, 2.75) is 17.9 Å². The number of anilines is 1. The van der Waals surface area contributed by atoms with E-state index in [1.807, 2.05) is 4.90 Å². The molecule has 1 fully saturated rings.